The van der Waals surface area contributed by atoms with Crippen LogP contribution >= 0.6 is 0 Å². The van der Waals surface area contributed by atoms with Gasteiger partial charge in [0.2, 0.25) is 0 Å². The molecule has 0 saturated heterocycles. The van der Waals surface area contributed by atoms with Gasteiger partial charge >= 0.3 is 24.8 Å². The van der Waals surface area contributed by atoms with Crippen molar-refractivity contribution >= 4 is 24.8 Å². The Kier molecular flexibility index (Phi) is 8.24. The van der Waals surface area contributed by atoms with Crippen LogP contribution in [0.2, 0.25) is 0 Å². The standard InChI is InChI=1S/C4H6O2.Li.H/c1-2-3-4(5)6;;/h2-3H,1H3,(H,5,6);;/b3-2+;;. The van der Waals surface area contributed by atoms with Crippen LogP contribution in [-0.2, 0) is 4.79 Å². The zero-order chi connectivity index (χ0) is 4.99. The molecule has 0 aliphatic heterocycles. The van der Waals surface area contributed by atoms with Gasteiger partial charge in [-0.25, -0.2) is 4.79 Å². The van der Waals surface area contributed by atoms with Crippen molar-refractivity contribution < 1.29 is 9.90 Å². The summed E-state index contributed by atoms with van der Waals surface area (Å²) in [5, 5.41) is 7.83. The van der Waals surface area contributed by atoms with Gasteiger partial charge in [0.15, 0.2) is 0 Å². The van der Waals surface area contributed by atoms with E-state index in [2.05, 4.69) is 0 Å². The van der Waals surface area contributed by atoms with Crippen LogP contribution in [0.4, 0.5) is 0 Å². The third-order valence-corrected chi connectivity index (χ3v) is 0.309. The summed E-state index contributed by atoms with van der Waals surface area (Å²) in [7, 11) is 0. The van der Waals surface area contributed by atoms with E-state index in [4.69, 9.17) is 5.11 Å². The predicted molar refractivity (Wildman–Crippen MR) is 29.6 cm³/mol. The van der Waals surface area contributed by atoms with E-state index in [9.17, 15) is 4.79 Å². The molecule has 1 N–H and O–H groups in total. The molecule has 0 aromatic carbocycles. The third-order valence-electron chi connectivity index (χ3n) is 0.309. The molecule has 0 atom stereocenters. The molecule has 0 rings (SSSR count). The fourth-order valence-corrected chi connectivity index (χ4v) is 0.143. The summed E-state index contributed by atoms with van der Waals surface area (Å²) in [6.07, 6.45) is 2.56. The van der Waals surface area contributed by atoms with Crippen molar-refractivity contribution in [2.24, 2.45) is 0 Å². The summed E-state index contributed by atoms with van der Waals surface area (Å²) in [6.45, 7) is 1.66. The summed E-state index contributed by atoms with van der Waals surface area (Å²) in [6, 6.07) is 0. The first-order chi connectivity index (χ1) is 2.77. The van der Waals surface area contributed by atoms with Gasteiger partial charge in [-0.05, 0) is 6.92 Å². The number of carboxylic acid groups (broad SMARTS) is 1. The monoisotopic (exact) mass is 94.1 g/mol. The number of hydrogen-bond acceptors (Lipinski definition) is 1. The summed E-state index contributed by atoms with van der Waals surface area (Å²) in [5.41, 5.74) is 0. The average Bonchev–Trinajstić information content (AvgIpc) is 1.35. The molecule has 0 heterocycles. The molecular formula is C4H7LiO2. The molecule has 0 saturated carbocycles. The van der Waals surface area contributed by atoms with Crippen molar-refractivity contribution in [3.05, 3.63) is 12.2 Å². The summed E-state index contributed by atoms with van der Waals surface area (Å²) >= 11 is 0. The Morgan fingerprint density at radius 2 is 2.14 bits per heavy atom. The van der Waals surface area contributed by atoms with Gasteiger partial charge in [-0.1, -0.05) is 6.08 Å². The molecular weight excluding hydrogens is 87.0 g/mol. The summed E-state index contributed by atoms with van der Waals surface area (Å²) in [5.74, 6) is -0.891. The van der Waals surface area contributed by atoms with Crippen LogP contribution in [0.1, 0.15) is 6.92 Å². The molecule has 2 nitrogen and oxygen atoms in total. The molecule has 0 radical (unpaired) electrons. The molecule has 0 aromatic rings. The van der Waals surface area contributed by atoms with Crippen LogP contribution in [0.25, 0.3) is 0 Å². The zero-order valence-corrected chi connectivity index (χ0v) is 3.51. The van der Waals surface area contributed by atoms with Gasteiger partial charge in [0, 0.05) is 6.08 Å². The zero-order valence-electron chi connectivity index (χ0n) is 3.51. The number of aliphatic carboxylic acids is 1. The van der Waals surface area contributed by atoms with Crippen LogP contribution in [0.15, 0.2) is 12.2 Å². The molecule has 0 aliphatic rings. The van der Waals surface area contributed by atoms with Crippen molar-refractivity contribution in [1.82, 2.24) is 0 Å². The molecule has 7 heavy (non-hydrogen) atoms. The molecule has 0 spiro atoms. The van der Waals surface area contributed by atoms with Crippen molar-refractivity contribution in [3.63, 3.8) is 0 Å². The van der Waals surface area contributed by atoms with E-state index in [0.29, 0.717) is 0 Å². The van der Waals surface area contributed by atoms with Gasteiger partial charge in [0.25, 0.3) is 0 Å². The van der Waals surface area contributed by atoms with Gasteiger partial charge < -0.3 is 5.11 Å². The molecule has 36 valence electrons. The van der Waals surface area contributed by atoms with E-state index < -0.39 is 5.97 Å². The molecule has 3 heteroatoms. The molecule has 0 unspecified atom stereocenters. The van der Waals surface area contributed by atoms with Crippen molar-refractivity contribution in [2.75, 3.05) is 0 Å². The molecule has 0 aliphatic carbocycles. The average molecular weight is 94.0 g/mol. The van der Waals surface area contributed by atoms with Gasteiger partial charge in [0.1, 0.15) is 0 Å². The van der Waals surface area contributed by atoms with E-state index in [1.807, 2.05) is 0 Å². The van der Waals surface area contributed by atoms with Gasteiger partial charge in [-0.15, -0.1) is 0 Å². The van der Waals surface area contributed by atoms with E-state index in [1.165, 1.54) is 6.08 Å². The number of rotatable bonds is 1. The van der Waals surface area contributed by atoms with Crippen molar-refractivity contribution in [3.8, 4) is 0 Å². The fraction of sp³-hybridized carbons (Fsp3) is 0.250. The molecule has 0 bridgehead atoms. The number of hydrogen-bond donors (Lipinski definition) is 1. The first kappa shape index (κ1) is 9.93. The van der Waals surface area contributed by atoms with Crippen LogP contribution in [0.5, 0.6) is 0 Å². The van der Waals surface area contributed by atoms with Crippen molar-refractivity contribution in [2.45, 2.75) is 6.92 Å². The summed E-state index contributed by atoms with van der Waals surface area (Å²) < 4.78 is 0. The Morgan fingerprint density at radius 1 is 1.71 bits per heavy atom. The first-order valence-corrected chi connectivity index (χ1v) is 1.63. The fourth-order valence-electron chi connectivity index (χ4n) is 0.143. The second kappa shape index (κ2) is 5.81. The Labute approximate surface area is 54.4 Å². The Bertz CT molecular complexity index is 77.8. The quantitative estimate of drug-likeness (QED) is 0.366. The van der Waals surface area contributed by atoms with Crippen LogP contribution < -0.4 is 0 Å². The summed E-state index contributed by atoms with van der Waals surface area (Å²) in [4.78, 5) is 9.51. The Morgan fingerprint density at radius 3 is 2.14 bits per heavy atom. The van der Waals surface area contributed by atoms with E-state index >= 15 is 0 Å². The second-order valence-corrected chi connectivity index (χ2v) is 0.838. The maximum absolute atomic E-state index is 9.51. The van der Waals surface area contributed by atoms with Gasteiger partial charge in [0.05, 0.1) is 0 Å². The maximum atomic E-state index is 9.51. The van der Waals surface area contributed by atoms with Gasteiger partial charge in [-0.3, -0.25) is 0 Å². The minimum atomic E-state index is -0.891. The van der Waals surface area contributed by atoms with Crippen molar-refractivity contribution in [1.29, 1.82) is 0 Å². The Balaban J connectivity index is 0. The molecule has 0 amide bonds. The van der Waals surface area contributed by atoms with E-state index in [1.54, 1.807) is 6.92 Å². The minimum absolute atomic E-state index is 0. The topological polar surface area (TPSA) is 37.3 Å². The van der Waals surface area contributed by atoms with Crippen LogP contribution in [0, 0.1) is 0 Å². The first-order valence-electron chi connectivity index (χ1n) is 1.63. The SMILES string of the molecule is C/C=C/C(=O)O.[LiH]. The Hall–Kier alpha value is -0.193. The normalized spacial score (nSPS) is 8.14. The third kappa shape index (κ3) is 10.7. The number of allylic oxidation sites excluding steroid dienone is 1. The van der Waals surface area contributed by atoms with E-state index in [0.717, 1.165) is 6.08 Å². The van der Waals surface area contributed by atoms with Gasteiger partial charge in [-0.2, -0.15) is 0 Å². The molecule has 0 aromatic heterocycles. The predicted octanol–water partition coefficient (Wildman–Crippen LogP) is -0.00140. The van der Waals surface area contributed by atoms with Crippen LogP contribution in [0.3, 0.4) is 0 Å². The molecule has 0 fully saturated rings. The number of carbonyl (C=O) groups is 1. The van der Waals surface area contributed by atoms with Crippen LogP contribution in [-0.4, -0.2) is 29.9 Å². The number of carboxylic acids is 1. The van der Waals surface area contributed by atoms with E-state index in [-0.39, 0.29) is 18.9 Å². The second-order valence-electron chi connectivity index (χ2n) is 0.838.